The van der Waals surface area contributed by atoms with E-state index in [0.717, 1.165) is 17.8 Å². The molecule has 2 N–H and O–H groups in total. The Kier molecular flexibility index (Phi) is 4.00. The van der Waals surface area contributed by atoms with Crippen molar-refractivity contribution in [1.82, 2.24) is 19.9 Å². The van der Waals surface area contributed by atoms with Crippen LogP contribution in [0.25, 0.3) is 5.65 Å². The lowest BCUT2D eigenvalue weighted by Gasteiger charge is -2.07. The first-order valence-corrected chi connectivity index (χ1v) is 7.11. The van der Waals surface area contributed by atoms with Crippen molar-refractivity contribution in [3.05, 3.63) is 60.0 Å². The second kappa shape index (κ2) is 6.26. The van der Waals surface area contributed by atoms with Gasteiger partial charge in [0.25, 0.3) is 0 Å². The van der Waals surface area contributed by atoms with Crippen LogP contribution < -0.4 is 10.6 Å². The molecule has 6 heteroatoms. The zero-order valence-corrected chi connectivity index (χ0v) is 12.3. The second-order valence-corrected chi connectivity index (χ2v) is 5.05. The van der Waals surface area contributed by atoms with Crippen LogP contribution in [0.2, 0.25) is 0 Å². The molecule has 0 bridgehead atoms. The summed E-state index contributed by atoms with van der Waals surface area (Å²) in [5.74, 6) is 0. The van der Waals surface area contributed by atoms with Crippen molar-refractivity contribution in [1.29, 1.82) is 0 Å². The monoisotopic (exact) mass is 295 g/mol. The maximum absolute atomic E-state index is 11.9. The Morgan fingerprint density at radius 2 is 2.09 bits per heavy atom. The molecule has 3 rings (SSSR count). The summed E-state index contributed by atoms with van der Waals surface area (Å²) in [5.41, 5.74) is 3.44. The Hall–Kier alpha value is -2.89. The minimum absolute atomic E-state index is 0.249. The van der Waals surface area contributed by atoms with Crippen molar-refractivity contribution < 1.29 is 4.79 Å². The largest absolute Gasteiger partial charge is 0.338 e. The van der Waals surface area contributed by atoms with E-state index < -0.39 is 0 Å². The number of nitrogens with one attached hydrogen (secondary N) is 2. The first kappa shape index (κ1) is 14.1. The van der Waals surface area contributed by atoms with E-state index in [9.17, 15) is 4.79 Å². The number of benzene rings is 1. The molecule has 0 saturated heterocycles. The van der Waals surface area contributed by atoms with Crippen molar-refractivity contribution in [3.8, 4) is 0 Å². The number of carbonyl (C=O) groups excluding carboxylic acids is 1. The fraction of sp³-hybridized carbons (Fsp3) is 0.188. The van der Waals surface area contributed by atoms with E-state index in [-0.39, 0.29) is 6.03 Å². The lowest BCUT2D eigenvalue weighted by molar-refractivity contribution is 0.252. The predicted molar refractivity (Wildman–Crippen MR) is 84.9 cm³/mol. The highest BCUT2D eigenvalue weighted by Crippen LogP contribution is 2.08. The van der Waals surface area contributed by atoms with E-state index in [1.807, 2.05) is 43.3 Å². The molecule has 0 atom stereocenters. The standard InChI is InChI=1S/C16H17N5O/c1-12-9-15-18-10-14(11-21(15)20-12)19-16(22)17-8-7-13-5-3-2-4-6-13/h2-6,9-11H,7-8H2,1H3,(H2,17,19,22). The number of hydrogen-bond donors (Lipinski definition) is 2. The summed E-state index contributed by atoms with van der Waals surface area (Å²) >= 11 is 0. The number of fused-ring (bicyclic) bond motifs is 1. The summed E-state index contributed by atoms with van der Waals surface area (Å²) in [6.07, 6.45) is 4.16. The molecule has 22 heavy (non-hydrogen) atoms. The van der Waals surface area contributed by atoms with Crippen LogP contribution in [0.4, 0.5) is 10.5 Å². The van der Waals surface area contributed by atoms with Crippen LogP contribution in [0.5, 0.6) is 0 Å². The molecule has 1 aromatic carbocycles. The van der Waals surface area contributed by atoms with Crippen LogP contribution in [-0.4, -0.2) is 27.2 Å². The van der Waals surface area contributed by atoms with Crippen LogP contribution in [-0.2, 0) is 6.42 Å². The zero-order chi connectivity index (χ0) is 15.4. The maximum Gasteiger partial charge on any atom is 0.319 e. The van der Waals surface area contributed by atoms with Crippen molar-refractivity contribution in [2.24, 2.45) is 0 Å². The van der Waals surface area contributed by atoms with Gasteiger partial charge in [0, 0.05) is 12.6 Å². The van der Waals surface area contributed by atoms with Crippen LogP contribution in [0, 0.1) is 6.92 Å². The summed E-state index contributed by atoms with van der Waals surface area (Å²) in [6.45, 7) is 2.48. The molecular formula is C16H17N5O. The summed E-state index contributed by atoms with van der Waals surface area (Å²) in [5, 5.41) is 9.85. The number of anilines is 1. The van der Waals surface area contributed by atoms with Crippen molar-refractivity contribution in [3.63, 3.8) is 0 Å². The topological polar surface area (TPSA) is 71.3 Å². The van der Waals surface area contributed by atoms with Crippen molar-refractivity contribution in [2.45, 2.75) is 13.3 Å². The van der Waals surface area contributed by atoms with E-state index in [2.05, 4.69) is 20.7 Å². The Labute approximate surface area is 128 Å². The molecule has 6 nitrogen and oxygen atoms in total. The fourth-order valence-corrected chi connectivity index (χ4v) is 2.20. The number of nitrogens with zero attached hydrogens (tertiary/aromatic N) is 3. The van der Waals surface area contributed by atoms with Gasteiger partial charge >= 0.3 is 6.03 Å². The maximum atomic E-state index is 11.9. The molecule has 0 fully saturated rings. The highest BCUT2D eigenvalue weighted by Gasteiger charge is 2.04. The number of aromatic nitrogens is 3. The number of hydrogen-bond acceptors (Lipinski definition) is 3. The third kappa shape index (κ3) is 3.41. The average Bonchev–Trinajstić information content (AvgIpc) is 2.87. The molecular weight excluding hydrogens is 278 g/mol. The minimum atomic E-state index is -0.249. The number of aryl methyl sites for hydroxylation is 1. The van der Waals surface area contributed by atoms with Gasteiger partial charge in [0.2, 0.25) is 0 Å². The normalized spacial score (nSPS) is 10.6. The van der Waals surface area contributed by atoms with E-state index in [1.165, 1.54) is 5.56 Å². The molecule has 0 unspecified atom stereocenters. The molecule has 3 aromatic rings. The summed E-state index contributed by atoms with van der Waals surface area (Å²) in [7, 11) is 0. The molecule has 0 aliphatic heterocycles. The lowest BCUT2D eigenvalue weighted by Crippen LogP contribution is -2.30. The van der Waals surface area contributed by atoms with Gasteiger partial charge in [-0.15, -0.1) is 0 Å². The van der Waals surface area contributed by atoms with Gasteiger partial charge in [-0.1, -0.05) is 30.3 Å². The Morgan fingerprint density at radius 1 is 1.27 bits per heavy atom. The van der Waals surface area contributed by atoms with Crippen LogP contribution >= 0.6 is 0 Å². The molecule has 0 spiro atoms. The summed E-state index contributed by atoms with van der Waals surface area (Å²) in [4.78, 5) is 16.1. The average molecular weight is 295 g/mol. The first-order chi connectivity index (χ1) is 10.7. The van der Waals surface area contributed by atoms with E-state index in [4.69, 9.17) is 0 Å². The number of urea groups is 1. The van der Waals surface area contributed by atoms with Crippen LogP contribution in [0.15, 0.2) is 48.8 Å². The van der Waals surface area contributed by atoms with Crippen LogP contribution in [0.1, 0.15) is 11.3 Å². The molecule has 2 heterocycles. The quantitative estimate of drug-likeness (QED) is 0.776. The number of amides is 2. The van der Waals surface area contributed by atoms with Gasteiger partial charge in [-0.3, -0.25) is 0 Å². The predicted octanol–water partition coefficient (Wildman–Crippen LogP) is 2.40. The van der Waals surface area contributed by atoms with Gasteiger partial charge in [0.1, 0.15) is 0 Å². The molecule has 0 saturated carbocycles. The van der Waals surface area contributed by atoms with Gasteiger partial charge in [0.05, 0.1) is 23.8 Å². The molecule has 112 valence electrons. The van der Waals surface area contributed by atoms with E-state index in [0.29, 0.717) is 12.2 Å². The van der Waals surface area contributed by atoms with Gasteiger partial charge in [-0.25, -0.2) is 14.3 Å². The van der Waals surface area contributed by atoms with Crippen molar-refractivity contribution >= 4 is 17.4 Å². The van der Waals surface area contributed by atoms with Gasteiger partial charge in [-0.2, -0.15) is 5.10 Å². The lowest BCUT2D eigenvalue weighted by atomic mass is 10.1. The van der Waals surface area contributed by atoms with E-state index in [1.54, 1.807) is 16.9 Å². The first-order valence-electron chi connectivity index (χ1n) is 7.11. The highest BCUT2D eigenvalue weighted by molar-refractivity contribution is 5.88. The third-order valence-electron chi connectivity index (χ3n) is 3.24. The number of rotatable bonds is 4. The highest BCUT2D eigenvalue weighted by atomic mass is 16.2. The SMILES string of the molecule is Cc1cc2ncc(NC(=O)NCCc3ccccc3)cn2n1. The smallest absolute Gasteiger partial charge is 0.319 e. The Morgan fingerprint density at radius 3 is 2.91 bits per heavy atom. The number of carbonyl (C=O) groups is 1. The molecule has 0 radical (unpaired) electrons. The van der Waals surface area contributed by atoms with Gasteiger partial charge in [-0.05, 0) is 18.9 Å². The fourth-order valence-electron chi connectivity index (χ4n) is 2.20. The van der Waals surface area contributed by atoms with E-state index >= 15 is 0 Å². The summed E-state index contributed by atoms with van der Waals surface area (Å²) in [6, 6.07) is 11.7. The Balaban J connectivity index is 1.54. The van der Waals surface area contributed by atoms with Gasteiger partial charge in [0.15, 0.2) is 5.65 Å². The minimum Gasteiger partial charge on any atom is -0.338 e. The summed E-state index contributed by atoms with van der Waals surface area (Å²) < 4.78 is 1.65. The Bertz CT molecular complexity index is 782. The van der Waals surface area contributed by atoms with Crippen molar-refractivity contribution in [2.75, 3.05) is 11.9 Å². The van der Waals surface area contributed by atoms with Gasteiger partial charge < -0.3 is 10.6 Å². The zero-order valence-electron chi connectivity index (χ0n) is 12.3. The molecule has 0 aliphatic rings. The second-order valence-electron chi connectivity index (χ2n) is 5.05. The third-order valence-corrected chi connectivity index (χ3v) is 3.24. The van der Waals surface area contributed by atoms with Crippen LogP contribution in [0.3, 0.4) is 0 Å². The molecule has 2 amide bonds. The molecule has 2 aromatic heterocycles. The molecule has 0 aliphatic carbocycles.